The summed E-state index contributed by atoms with van der Waals surface area (Å²) in [6.07, 6.45) is 6.91. The Balaban J connectivity index is 1.84. The molecule has 1 fully saturated rings. The first-order valence-electron chi connectivity index (χ1n) is 8.08. The van der Waals surface area contributed by atoms with Gasteiger partial charge in [-0.05, 0) is 56.4 Å². The molecule has 6 nitrogen and oxygen atoms in total. The van der Waals surface area contributed by atoms with E-state index < -0.39 is 0 Å². The molecule has 1 amide bonds. The fourth-order valence-electron chi connectivity index (χ4n) is 3.24. The van der Waals surface area contributed by atoms with E-state index in [4.69, 9.17) is 0 Å². The standard InChI is InChI=1S/C17H22N4O2/c1-13-10-15(21-12-18-11-19-21)5-6-16(13)17(23)20-8-3-2-4-14(20)7-9-22/h5-6,10-12,14,22H,2-4,7-9H2,1H3. The molecule has 1 aromatic heterocycles. The maximum atomic E-state index is 12.9. The van der Waals surface area contributed by atoms with Crippen molar-refractivity contribution in [2.75, 3.05) is 13.2 Å². The predicted octanol–water partition coefficient (Wildman–Crippen LogP) is 1.95. The third-order valence-electron chi connectivity index (χ3n) is 4.47. The summed E-state index contributed by atoms with van der Waals surface area (Å²) in [5, 5.41) is 13.3. The van der Waals surface area contributed by atoms with Crippen LogP contribution in [0.25, 0.3) is 5.69 Å². The first-order chi connectivity index (χ1) is 11.2. The molecule has 0 aliphatic carbocycles. The van der Waals surface area contributed by atoms with E-state index >= 15 is 0 Å². The minimum atomic E-state index is 0.0609. The Morgan fingerprint density at radius 2 is 2.26 bits per heavy atom. The summed E-state index contributed by atoms with van der Waals surface area (Å²) in [7, 11) is 0. The molecule has 3 rings (SSSR count). The molecule has 0 saturated carbocycles. The van der Waals surface area contributed by atoms with E-state index in [0.29, 0.717) is 6.42 Å². The van der Waals surface area contributed by atoms with Gasteiger partial charge in [0.1, 0.15) is 12.7 Å². The van der Waals surface area contributed by atoms with Crippen LogP contribution in [-0.2, 0) is 0 Å². The fraction of sp³-hybridized carbons (Fsp3) is 0.471. The average molecular weight is 314 g/mol. The third kappa shape index (κ3) is 3.27. The number of piperidine rings is 1. The predicted molar refractivity (Wildman–Crippen MR) is 86.5 cm³/mol. The molecule has 1 aliphatic heterocycles. The van der Waals surface area contributed by atoms with Crippen LogP contribution in [0.2, 0.25) is 0 Å². The number of aliphatic hydroxyl groups is 1. The summed E-state index contributed by atoms with van der Waals surface area (Å²) < 4.78 is 1.68. The molecule has 0 radical (unpaired) electrons. The van der Waals surface area contributed by atoms with Gasteiger partial charge in [0.25, 0.3) is 5.91 Å². The summed E-state index contributed by atoms with van der Waals surface area (Å²) in [5.74, 6) is 0.0609. The highest BCUT2D eigenvalue weighted by Gasteiger charge is 2.27. The number of benzene rings is 1. The van der Waals surface area contributed by atoms with Crippen LogP contribution in [0.5, 0.6) is 0 Å². The topological polar surface area (TPSA) is 71.2 Å². The van der Waals surface area contributed by atoms with E-state index in [9.17, 15) is 9.90 Å². The number of likely N-dealkylation sites (tertiary alicyclic amines) is 1. The molecule has 1 N–H and O–H groups in total. The molecule has 1 aromatic carbocycles. The van der Waals surface area contributed by atoms with E-state index in [1.807, 2.05) is 30.0 Å². The highest BCUT2D eigenvalue weighted by molar-refractivity contribution is 5.96. The van der Waals surface area contributed by atoms with Crippen LogP contribution in [0.1, 0.15) is 41.6 Å². The maximum Gasteiger partial charge on any atom is 0.254 e. The average Bonchev–Trinajstić information content (AvgIpc) is 3.09. The van der Waals surface area contributed by atoms with Crippen molar-refractivity contribution in [2.24, 2.45) is 0 Å². The van der Waals surface area contributed by atoms with Crippen LogP contribution in [0.15, 0.2) is 30.9 Å². The molecule has 6 heteroatoms. The second-order valence-electron chi connectivity index (χ2n) is 6.00. The Morgan fingerprint density at radius 1 is 1.39 bits per heavy atom. The van der Waals surface area contributed by atoms with Crippen molar-refractivity contribution in [3.05, 3.63) is 42.0 Å². The molecule has 2 heterocycles. The van der Waals surface area contributed by atoms with Gasteiger partial charge in [0.2, 0.25) is 0 Å². The van der Waals surface area contributed by atoms with Gasteiger partial charge >= 0.3 is 0 Å². The molecule has 122 valence electrons. The van der Waals surface area contributed by atoms with Gasteiger partial charge < -0.3 is 10.0 Å². The van der Waals surface area contributed by atoms with Crippen molar-refractivity contribution in [3.8, 4) is 5.69 Å². The maximum absolute atomic E-state index is 12.9. The number of nitrogens with zero attached hydrogens (tertiary/aromatic N) is 4. The lowest BCUT2D eigenvalue weighted by Crippen LogP contribution is -2.44. The molecular formula is C17H22N4O2. The largest absolute Gasteiger partial charge is 0.396 e. The van der Waals surface area contributed by atoms with Crippen molar-refractivity contribution in [3.63, 3.8) is 0 Å². The number of carbonyl (C=O) groups excluding carboxylic acids is 1. The molecule has 23 heavy (non-hydrogen) atoms. The quantitative estimate of drug-likeness (QED) is 0.936. The van der Waals surface area contributed by atoms with Gasteiger partial charge in [-0.25, -0.2) is 9.67 Å². The molecule has 1 saturated heterocycles. The van der Waals surface area contributed by atoms with Crippen molar-refractivity contribution in [2.45, 2.75) is 38.6 Å². The molecule has 0 spiro atoms. The molecule has 0 bridgehead atoms. The summed E-state index contributed by atoms with van der Waals surface area (Å²) >= 11 is 0. The van der Waals surface area contributed by atoms with Crippen LogP contribution < -0.4 is 0 Å². The van der Waals surface area contributed by atoms with Gasteiger partial charge in [-0.3, -0.25) is 4.79 Å². The summed E-state index contributed by atoms with van der Waals surface area (Å²) in [4.78, 5) is 18.8. The van der Waals surface area contributed by atoms with E-state index in [0.717, 1.165) is 42.6 Å². The van der Waals surface area contributed by atoms with Gasteiger partial charge in [0, 0.05) is 24.8 Å². The van der Waals surface area contributed by atoms with Crippen molar-refractivity contribution in [1.29, 1.82) is 0 Å². The van der Waals surface area contributed by atoms with E-state index in [1.54, 1.807) is 11.0 Å². The monoisotopic (exact) mass is 314 g/mol. The van der Waals surface area contributed by atoms with Crippen LogP contribution >= 0.6 is 0 Å². The zero-order valence-corrected chi connectivity index (χ0v) is 13.4. The second-order valence-corrected chi connectivity index (χ2v) is 6.00. The SMILES string of the molecule is Cc1cc(-n2cncn2)ccc1C(=O)N1CCCCC1CCO. The van der Waals surface area contributed by atoms with Crippen molar-refractivity contribution in [1.82, 2.24) is 19.7 Å². The molecule has 2 aromatic rings. The lowest BCUT2D eigenvalue weighted by molar-refractivity contribution is 0.0574. The van der Waals surface area contributed by atoms with Crippen LogP contribution in [0.4, 0.5) is 0 Å². The smallest absolute Gasteiger partial charge is 0.254 e. The van der Waals surface area contributed by atoms with E-state index in [1.165, 1.54) is 6.33 Å². The van der Waals surface area contributed by atoms with E-state index in [-0.39, 0.29) is 18.6 Å². The van der Waals surface area contributed by atoms with Crippen molar-refractivity contribution < 1.29 is 9.90 Å². The summed E-state index contributed by atoms with van der Waals surface area (Å²) in [6, 6.07) is 5.85. The Bertz CT molecular complexity index is 667. The second kappa shape index (κ2) is 6.91. The number of carbonyl (C=O) groups is 1. The van der Waals surface area contributed by atoms with Crippen LogP contribution in [0.3, 0.4) is 0 Å². The summed E-state index contributed by atoms with van der Waals surface area (Å²) in [5.41, 5.74) is 2.54. The number of rotatable bonds is 4. The Kier molecular flexibility index (Phi) is 4.71. The third-order valence-corrected chi connectivity index (χ3v) is 4.47. The van der Waals surface area contributed by atoms with Gasteiger partial charge in [0.05, 0.1) is 5.69 Å². The zero-order chi connectivity index (χ0) is 16.2. The van der Waals surface area contributed by atoms with Crippen LogP contribution in [-0.4, -0.2) is 49.9 Å². The molecule has 1 atom stereocenters. The van der Waals surface area contributed by atoms with Gasteiger partial charge in [0.15, 0.2) is 0 Å². The Hall–Kier alpha value is -2.21. The highest BCUT2D eigenvalue weighted by atomic mass is 16.3. The van der Waals surface area contributed by atoms with E-state index in [2.05, 4.69) is 10.1 Å². The lowest BCUT2D eigenvalue weighted by atomic mass is 9.97. The Labute approximate surface area is 135 Å². The van der Waals surface area contributed by atoms with Gasteiger partial charge in [-0.1, -0.05) is 0 Å². The molecular weight excluding hydrogens is 292 g/mol. The minimum absolute atomic E-state index is 0.0609. The normalized spacial score (nSPS) is 18.2. The van der Waals surface area contributed by atoms with Gasteiger partial charge in [-0.2, -0.15) is 5.10 Å². The number of amides is 1. The number of aliphatic hydroxyl groups excluding tert-OH is 1. The number of aromatic nitrogens is 3. The number of hydrogen-bond donors (Lipinski definition) is 1. The molecule has 1 unspecified atom stereocenters. The van der Waals surface area contributed by atoms with Crippen LogP contribution in [0, 0.1) is 6.92 Å². The Morgan fingerprint density at radius 3 is 2.96 bits per heavy atom. The minimum Gasteiger partial charge on any atom is -0.396 e. The lowest BCUT2D eigenvalue weighted by Gasteiger charge is -2.36. The summed E-state index contributed by atoms with van der Waals surface area (Å²) in [6.45, 7) is 2.84. The van der Waals surface area contributed by atoms with Gasteiger partial charge in [-0.15, -0.1) is 0 Å². The highest BCUT2D eigenvalue weighted by Crippen LogP contribution is 2.24. The number of hydrogen-bond acceptors (Lipinski definition) is 4. The first-order valence-corrected chi connectivity index (χ1v) is 8.08. The van der Waals surface area contributed by atoms with Crippen molar-refractivity contribution >= 4 is 5.91 Å². The fourth-order valence-corrected chi connectivity index (χ4v) is 3.24. The molecule has 1 aliphatic rings. The number of aryl methyl sites for hydroxylation is 1. The first kappa shape index (κ1) is 15.7. The zero-order valence-electron chi connectivity index (χ0n) is 13.4.